The van der Waals surface area contributed by atoms with E-state index >= 15 is 0 Å². The minimum atomic E-state index is -0.365. The Morgan fingerprint density at radius 1 is 1.28 bits per heavy atom. The normalized spacial score (nSPS) is 9.89. The maximum Gasteiger partial charge on any atom is 0.306 e. The van der Waals surface area contributed by atoms with Crippen molar-refractivity contribution in [3.05, 3.63) is 34.3 Å². The van der Waals surface area contributed by atoms with Crippen LogP contribution < -0.4 is 5.32 Å². The van der Waals surface area contributed by atoms with Crippen molar-refractivity contribution in [2.45, 2.75) is 19.3 Å². The smallest absolute Gasteiger partial charge is 0.306 e. The Balaban J connectivity index is 2.24. The number of hydrogen-bond donors (Lipinski definition) is 1. The summed E-state index contributed by atoms with van der Waals surface area (Å²) in [6, 6.07) is 7.88. The highest BCUT2D eigenvalue weighted by molar-refractivity contribution is 9.10. The fraction of sp³-hybridized carbons (Fsp3) is 0.385. The Morgan fingerprint density at radius 3 is 2.67 bits per heavy atom. The Hall–Kier alpha value is -1.36. The standard InChI is InChI=1S/C13H16BrNO3/c1-18-13(17)7-6-12(16)15-9-8-10-4-2-3-5-11(10)14/h2-5H,6-9H2,1H3,(H,15,16). The highest BCUT2D eigenvalue weighted by Gasteiger charge is 2.06. The molecule has 0 aromatic heterocycles. The molecule has 5 heteroatoms. The van der Waals surface area contributed by atoms with Crippen LogP contribution in [0.15, 0.2) is 28.7 Å². The summed E-state index contributed by atoms with van der Waals surface area (Å²) in [4.78, 5) is 22.3. The van der Waals surface area contributed by atoms with Crippen molar-refractivity contribution in [1.29, 1.82) is 0 Å². The van der Waals surface area contributed by atoms with Crippen LogP contribution in [0.2, 0.25) is 0 Å². The van der Waals surface area contributed by atoms with Gasteiger partial charge in [0.05, 0.1) is 13.5 Å². The van der Waals surface area contributed by atoms with Crippen molar-refractivity contribution in [1.82, 2.24) is 5.32 Å². The molecule has 0 aliphatic heterocycles. The number of methoxy groups -OCH3 is 1. The first-order chi connectivity index (χ1) is 8.63. The van der Waals surface area contributed by atoms with E-state index < -0.39 is 0 Å². The van der Waals surface area contributed by atoms with Crippen LogP contribution in [0.4, 0.5) is 0 Å². The average molecular weight is 314 g/mol. The molecule has 1 amide bonds. The molecule has 0 bridgehead atoms. The minimum Gasteiger partial charge on any atom is -0.469 e. The largest absolute Gasteiger partial charge is 0.469 e. The van der Waals surface area contributed by atoms with Crippen LogP contribution >= 0.6 is 15.9 Å². The molecule has 1 N–H and O–H groups in total. The van der Waals surface area contributed by atoms with Crippen molar-refractivity contribution < 1.29 is 14.3 Å². The number of carbonyl (C=O) groups excluding carboxylic acids is 2. The number of halogens is 1. The SMILES string of the molecule is COC(=O)CCC(=O)NCCc1ccccc1Br. The predicted octanol–water partition coefficient (Wildman–Crippen LogP) is 2.06. The van der Waals surface area contributed by atoms with E-state index in [1.165, 1.54) is 7.11 Å². The monoisotopic (exact) mass is 313 g/mol. The van der Waals surface area contributed by atoms with E-state index in [1.807, 2.05) is 24.3 Å². The summed E-state index contributed by atoms with van der Waals surface area (Å²) in [6.45, 7) is 0.558. The van der Waals surface area contributed by atoms with E-state index in [-0.39, 0.29) is 24.7 Å². The fourth-order valence-corrected chi connectivity index (χ4v) is 1.93. The summed E-state index contributed by atoms with van der Waals surface area (Å²) in [7, 11) is 1.31. The number of hydrogen-bond acceptors (Lipinski definition) is 3. The Kier molecular flexibility index (Phi) is 6.43. The zero-order chi connectivity index (χ0) is 13.4. The predicted molar refractivity (Wildman–Crippen MR) is 72.1 cm³/mol. The number of amides is 1. The molecule has 0 fully saturated rings. The molecule has 1 rings (SSSR count). The van der Waals surface area contributed by atoms with Gasteiger partial charge in [0, 0.05) is 17.4 Å². The van der Waals surface area contributed by atoms with E-state index in [9.17, 15) is 9.59 Å². The molecule has 98 valence electrons. The molecule has 0 saturated carbocycles. The Morgan fingerprint density at radius 2 is 2.00 bits per heavy atom. The molecule has 0 aliphatic rings. The highest BCUT2D eigenvalue weighted by Crippen LogP contribution is 2.15. The molecule has 0 radical (unpaired) electrons. The molecule has 4 nitrogen and oxygen atoms in total. The molecule has 0 spiro atoms. The van der Waals surface area contributed by atoms with Gasteiger partial charge in [-0.3, -0.25) is 9.59 Å². The topological polar surface area (TPSA) is 55.4 Å². The van der Waals surface area contributed by atoms with Gasteiger partial charge in [0.2, 0.25) is 5.91 Å². The lowest BCUT2D eigenvalue weighted by atomic mass is 10.1. The second kappa shape index (κ2) is 7.87. The van der Waals surface area contributed by atoms with Crippen molar-refractivity contribution in [2.24, 2.45) is 0 Å². The lowest BCUT2D eigenvalue weighted by molar-refractivity contribution is -0.142. The molecule has 0 heterocycles. The zero-order valence-electron chi connectivity index (χ0n) is 10.2. The summed E-state index contributed by atoms with van der Waals surface area (Å²) >= 11 is 3.45. The van der Waals surface area contributed by atoms with Crippen LogP contribution in [0.3, 0.4) is 0 Å². The van der Waals surface area contributed by atoms with Crippen LogP contribution in [-0.4, -0.2) is 25.5 Å². The van der Waals surface area contributed by atoms with Crippen LogP contribution in [0.1, 0.15) is 18.4 Å². The molecule has 0 atom stereocenters. The second-order valence-corrected chi connectivity index (χ2v) is 4.62. The number of esters is 1. The molecule has 1 aromatic carbocycles. The van der Waals surface area contributed by atoms with Gasteiger partial charge < -0.3 is 10.1 Å². The van der Waals surface area contributed by atoms with Gasteiger partial charge in [-0.25, -0.2) is 0 Å². The van der Waals surface area contributed by atoms with E-state index in [1.54, 1.807) is 0 Å². The molecular formula is C13H16BrNO3. The lowest BCUT2D eigenvalue weighted by Gasteiger charge is -2.06. The summed E-state index contributed by atoms with van der Waals surface area (Å²) in [5.41, 5.74) is 1.14. The summed E-state index contributed by atoms with van der Waals surface area (Å²) < 4.78 is 5.50. The fourth-order valence-electron chi connectivity index (χ4n) is 1.44. The van der Waals surface area contributed by atoms with Crippen LogP contribution in [0.25, 0.3) is 0 Å². The first-order valence-corrected chi connectivity index (χ1v) is 6.49. The van der Waals surface area contributed by atoms with E-state index in [0.717, 1.165) is 16.5 Å². The second-order valence-electron chi connectivity index (χ2n) is 3.77. The Labute approximate surface area is 115 Å². The molecule has 0 aliphatic carbocycles. The van der Waals surface area contributed by atoms with Gasteiger partial charge in [0.1, 0.15) is 0 Å². The van der Waals surface area contributed by atoms with Crippen LogP contribution in [-0.2, 0) is 20.7 Å². The van der Waals surface area contributed by atoms with Crippen LogP contribution in [0, 0.1) is 0 Å². The molecule has 18 heavy (non-hydrogen) atoms. The van der Waals surface area contributed by atoms with Gasteiger partial charge in [0.25, 0.3) is 0 Å². The molecular weight excluding hydrogens is 298 g/mol. The third-order valence-corrected chi connectivity index (χ3v) is 3.23. The first kappa shape index (κ1) is 14.7. The van der Waals surface area contributed by atoms with E-state index in [4.69, 9.17) is 0 Å². The third-order valence-electron chi connectivity index (χ3n) is 2.46. The van der Waals surface area contributed by atoms with E-state index in [0.29, 0.717) is 6.54 Å². The van der Waals surface area contributed by atoms with Crippen molar-refractivity contribution in [3.63, 3.8) is 0 Å². The summed E-state index contributed by atoms with van der Waals surface area (Å²) in [6.07, 6.45) is 1.05. The van der Waals surface area contributed by atoms with Crippen molar-refractivity contribution >= 4 is 27.8 Å². The van der Waals surface area contributed by atoms with Gasteiger partial charge in [-0.15, -0.1) is 0 Å². The van der Waals surface area contributed by atoms with Gasteiger partial charge in [-0.2, -0.15) is 0 Å². The number of rotatable bonds is 6. The molecule has 1 aromatic rings. The minimum absolute atomic E-state index is 0.122. The van der Waals surface area contributed by atoms with Gasteiger partial charge in [-0.1, -0.05) is 34.1 Å². The highest BCUT2D eigenvalue weighted by atomic mass is 79.9. The quantitative estimate of drug-likeness (QED) is 0.818. The van der Waals surface area contributed by atoms with Gasteiger partial charge in [-0.05, 0) is 18.1 Å². The van der Waals surface area contributed by atoms with Crippen LogP contribution in [0.5, 0.6) is 0 Å². The lowest BCUT2D eigenvalue weighted by Crippen LogP contribution is -2.26. The van der Waals surface area contributed by atoms with Crippen molar-refractivity contribution in [3.8, 4) is 0 Å². The maximum atomic E-state index is 11.4. The average Bonchev–Trinajstić information content (AvgIpc) is 2.38. The van der Waals surface area contributed by atoms with Gasteiger partial charge in [0.15, 0.2) is 0 Å². The van der Waals surface area contributed by atoms with Crippen molar-refractivity contribution in [2.75, 3.05) is 13.7 Å². The number of nitrogens with one attached hydrogen (secondary N) is 1. The van der Waals surface area contributed by atoms with E-state index in [2.05, 4.69) is 26.0 Å². The zero-order valence-corrected chi connectivity index (χ0v) is 11.8. The number of carbonyl (C=O) groups is 2. The summed E-state index contributed by atoms with van der Waals surface area (Å²) in [5, 5.41) is 2.77. The Bertz CT molecular complexity index is 420. The number of benzene rings is 1. The molecule has 0 saturated heterocycles. The number of ether oxygens (including phenoxy) is 1. The third kappa shape index (κ3) is 5.31. The summed E-state index contributed by atoms with van der Waals surface area (Å²) in [5.74, 6) is -0.497. The maximum absolute atomic E-state index is 11.4. The molecule has 0 unspecified atom stereocenters. The van der Waals surface area contributed by atoms with Gasteiger partial charge >= 0.3 is 5.97 Å². The first-order valence-electron chi connectivity index (χ1n) is 5.70.